The van der Waals surface area contributed by atoms with Crippen molar-refractivity contribution in [1.29, 1.82) is 0 Å². The average Bonchev–Trinajstić information content (AvgIpc) is 2.47. The summed E-state index contributed by atoms with van der Waals surface area (Å²) in [5.41, 5.74) is 11.3. The Morgan fingerprint density at radius 1 is 0.864 bits per heavy atom. The Bertz CT molecular complexity index is 573. The fourth-order valence-electron chi connectivity index (χ4n) is 3.07. The maximum Gasteiger partial charge on any atom is -0.00367 e. The van der Waals surface area contributed by atoms with Gasteiger partial charge in [-0.15, -0.1) is 0 Å². The lowest BCUT2D eigenvalue weighted by Crippen LogP contribution is -2.09. The molecule has 0 aromatic heterocycles. The zero-order chi connectivity index (χ0) is 16.2. The van der Waals surface area contributed by atoms with Crippen LogP contribution in [0.2, 0.25) is 0 Å². The summed E-state index contributed by atoms with van der Waals surface area (Å²) < 4.78 is 0. The van der Waals surface area contributed by atoms with Gasteiger partial charge in [0.25, 0.3) is 0 Å². The minimum atomic E-state index is 0.372. The van der Waals surface area contributed by atoms with Crippen LogP contribution >= 0.6 is 0 Å². The van der Waals surface area contributed by atoms with Gasteiger partial charge >= 0.3 is 0 Å². The monoisotopic (exact) mass is 295 g/mol. The largest absolute Gasteiger partial charge is 0.330 e. The molecule has 1 nitrogen and oxygen atoms in total. The summed E-state index contributed by atoms with van der Waals surface area (Å²) in [5.74, 6) is 0.598. The van der Waals surface area contributed by atoms with Gasteiger partial charge in [0.2, 0.25) is 0 Å². The maximum absolute atomic E-state index is 5.60. The number of nitrogens with two attached hydrogens (primary N) is 1. The highest BCUT2D eigenvalue weighted by molar-refractivity contribution is 5.64. The molecule has 0 fully saturated rings. The quantitative estimate of drug-likeness (QED) is 0.786. The van der Waals surface area contributed by atoms with Gasteiger partial charge in [0, 0.05) is 0 Å². The zero-order valence-corrected chi connectivity index (χ0v) is 14.4. The second-order valence-corrected chi connectivity index (χ2v) is 7.52. The van der Waals surface area contributed by atoms with Crippen LogP contribution in [-0.4, -0.2) is 6.54 Å². The lowest BCUT2D eigenvalue weighted by atomic mass is 9.82. The van der Waals surface area contributed by atoms with Crippen LogP contribution in [-0.2, 0) is 6.42 Å². The number of hydrogen-bond donors (Lipinski definition) is 1. The van der Waals surface area contributed by atoms with Crippen LogP contribution in [0.15, 0.2) is 48.5 Å². The van der Waals surface area contributed by atoms with Gasteiger partial charge in [-0.2, -0.15) is 0 Å². The minimum absolute atomic E-state index is 0.372. The molecule has 2 aromatic rings. The normalized spacial score (nSPS) is 13.1. The van der Waals surface area contributed by atoms with Crippen molar-refractivity contribution in [1.82, 2.24) is 0 Å². The summed E-state index contributed by atoms with van der Waals surface area (Å²) in [7, 11) is 0. The van der Waals surface area contributed by atoms with Crippen LogP contribution in [0.25, 0.3) is 11.1 Å². The second-order valence-electron chi connectivity index (χ2n) is 7.52. The Hall–Kier alpha value is -1.60. The molecule has 0 aliphatic rings. The van der Waals surface area contributed by atoms with Gasteiger partial charge in [0.05, 0.1) is 0 Å². The van der Waals surface area contributed by atoms with E-state index < -0.39 is 0 Å². The Kier molecular flexibility index (Phi) is 5.42. The van der Waals surface area contributed by atoms with Gasteiger partial charge < -0.3 is 5.73 Å². The molecular weight excluding hydrogens is 266 g/mol. The first-order valence-corrected chi connectivity index (χ1v) is 8.28. The van der Waals surface area contributed by atoms with E-state index in [1.54, 1.807) is 0 Å². The molecule has 22 heavy (non-hydrogen) atoms. The molecule has 118 valence electrons. The third kappa shape index (κ3) is 4.71. The molecule has 0 heterocycles. The predicted octanol–water partition coefficient (Wildman–Crippen LogP) is 5.39. The molecule has 0 aliphatic heterocycles. The van der Waals surface area contributed by atoms with Crippen molar-refractivity contribution in [3.8, 4) is 11.1 Å². The predicted molar refractivity (Wildman–Crippen MR) is 97.1 cm³/mol. The maximum atomic E-state index is 5.60. The lowest BCUT2D eigenvalue weighted by molar-refractivity contribution is 0.349. The SMILES string of the molecule is CC(CC(C)(C)C)c1ccc(-c2ccc(CCN)cc2)cc1. The Balaban J connectivity index is 2.11. The number of rotatable bonds is 5. The molecule has 2 aromatic carbocycles. The van der Waals surface area contributed by atoms with Crippen molar-refractivity contribution in [3.63, 3.8) is 0 Å². The standard InChI is InChI=1S/C21H29N/c1-16(15-21(2,3)4)18-9-11-20(12-10-18)19-7-5-17(6-8-19)13-14-22/h5-12,16H,13-15,22H2,1-4H3. The minimum Gasteiger partial charge on any atom is -0.330 e. The van der Waals surface area contributed by atoms with E-state index in [9.17, 15) is 0 Å². The molecule has 0 saturated carbocycles. The van der Waals surface area contributed by atoms with Crippen LogP contribution in [0.3, 0.4) is 0 Å². The highest BCUT2D eigenvalue weighted by Crippen LogP contribution is 2.31. The Labute approximate surface area is 135 Å². The molecule has 0 amide bonds. The second kappa shape index (κ2) is 7.11. The van der Waals surface area contributed by atoms with Crippen molar-refractivity contribution >= 4 is 0 Å². The third-order valence-electron chi connectivity index (χ3n) is 4.12. The van der Waals surface area contributed by atoms with E-state index in [0.29, 0.717) is 17.9 Å². The molecular formula is C21H29N. The van der Waals surface area contributed by atoms with Gasteiger partial charge in [-0.3, -0.25) is 0 Å². The van der Waals surface area contributed by atoms with Crippen LogP contribution in [0.4, 0.5) is 0 Å². The smallest absolute Gasteiger partial charge is 0.00367 e. The molecule has 1 atom stereocenters. The highest BCUT2D eigenvalue weighted by Gasteiger charge is 2.16. The number of hydrogen-bond acceptors (Lipinski definition) is 1. The fraction of sp³-hybridized carbons (Fsp3) is 0.429. The van der Waals surface area contributed by atoms with Crippen LogP contribution in [0.1, 0.15) is 51.2 Å². The topological polar surface area (TPSA) is 26.0 Å². The van der Waals surface area contributed by atoms with Gasteiger partial charge in [0.15, 0.2) is 0 Å². The first kappa shape index (κ1) is 16.8. The van der Waals surface area contributed by atoms with Gasteiger partial charge in [-0.1, -0.05) is 76.2 Å². The van der Waals surface area contributed by atoms with Gasteiger partial charge in [0.1, 0.15) is 0 Å². The van der Waals surface area contributed by atoms with Gasteiger partial charge in [-0.25, -0.2) is 0 Å². The fourth-order valence-corrected chi connectivity index (χ4v) is 3.07. The lowest BCUT2D eigenvalue weighted by Gasteiger charge is -2.23. The molecule has 0 radical (unpaired) electrons. The van der Waals surface area contributed by atoms with Crippen molar-refractivity contribution in [3.05, 3.63) is 59.7 Å². The Morgan fingerprint density at radius 3 is 1.82 bits per heavy atom. The zero-order valence-electron chi connectivity index (χ0n) is 14.4. The van der Waals surface area contributed by atoms with E-state index in [0.717, 1.165) is 6.42 Å². The van der Waals surface area contributed by atoms with E-state index in [1.165, 1.54) is 28.7 Å². The van der Waals surface area contributed by atoms with Crippen molar-refractivity contribution in [2.75, 3.05) is 6.54 Å². The molecule has 2 rings (SSSR count). The van der Waals surface area contributed by atoms with E-state index in [2.05, 4.69) is 76.2 Å². The summed E-state index contributed by atoms with van der Waals surface area (Å²) >= 11 is 0. The highest BCUT2D eigenvalue weighted by atomic mass is 14.5. The average molecular weight is 295 g/mol. The van der Waals surface area contributed by atoms with E-state index in [4.69, 9.17) is 5.73 Å². The van der Waals surface area contributed by atoms with E-state index in [1.807, 2.05) is 0 Å². The van der Waals surface area contributed by atoms with Crippen LogP contribution in [0.5, 0.6) is 0 Å². The van der Waals surface area contributed by atoms with Crippen LogP contribution < -0.4 is 5.73 Å². The molecule has 0 saturated heterocycles. The summed E-state index contributed by atoms with van der Waals surface area (Å²) in [4.78, 5) is 0. The summed E-state index contributed by atoms with van der Waals surface area (Å²) in [6, 6.07) is 17.8. The number of benzene rings is 2. The van der Waals surface area contributed by atoms with Crippen molar-refractivity contribution in [2.45, 2.75) is 46.5 Å². The summed E-state index contributed by atoms with van der Waals surface area (Å²) in [6.45, 7) is 9.95. The third-order valence-corrected chi connectivity index (χ3v) is 4.12. The van der Waals surface area contributed by atoms with E-state index >= 15 is 0 Å². The molecule has 2 N–H and O–H groups in total. The van der Waals surface area contributed by atoms with E-state index in [-0.39, 0.29) is 0 Å². The van der Waals surface area contributed by atoms with Gasteiger partial charge in [-0.05, 0) is 53.0 Å². The molecule has 1 heteroatoms. The first-order valence-electron chi connectivity index (χ1n) is 8.28. The first-order chi connectivity index (χ1) is 10.4. The Morgan fingerprint density at radius 2 is 1.36 bits per heavy atom. The molecule has 1 unspecified atom stereocenters. The summed E-state index contributed by atoms with van der Waals surface area (Å²) in [5, 5.41) is 0. The summed E-state index contributed by atoms with van der Waals surface area (Å²) in [6.07, 6.45) is 2.16. The molecule has 0 aliphatic carbocycles. The van der Waals surface area contributed by atoms with Crippen molar-refractivity contribution < 1.29 is 0 Å². The molecule has 0 bridgehead atoms. The van der Waals surface area contributed by atoms with Crippen LogP contribution in [0, 0.1) is 5.41 Å². The molecule has 0 spiro atoms. The van der Waals surface area contributed by atoms with Crippen molar-refractivity contribution in [2.24, 2.45) is 11.1 Å².